The van der Waals surface area contributed by atoms with Crippen molar-refractivity contribution in [1.29, 1.82) is 0 Å². The van der Waals surface area contributed by atoms with Crippen LogP contribution in [0.5, 0.6) is 0 Å². The zero-order valence-electron chi connectivity index (χ0n) is 23.5. The van der Waals surface area contributed by atoms with Gasteiger partial charge in [-0.1, -0.05) is 19.1 Å². The second-order valence-corrected chi connectivity index (χ2v) is 11.7. The smallest absolute Gasteiger partial charge is 0.269 e. The van der Waals surface area contributed by atoms with Crippen LogP contribution >= 0.6 is 0 Å². The minimum Gasteiger partial charge on any atom is -0.381 e. The number of unbranched alkanes of at least 4 members (excludes halogenated alkanes) is 1. The zero-order chi connectivity index (χ0) is 27.4. The van der Waals surface area contributed by atoms with E-state index in [0.29, 0.717) is 42.2 Å². The first-order valence-electron chi connectivity index (χ1n) is 14.8. The molecule has 4 heterocycles. The van der Waals surface area contributed by atoms with Crippen LogP contribution in [0.3, 0.4) is 0 Å². The van der Waals surface area contributed by atoms with Crippen molar-refractivity contribution in [3.63, 3.8) is 0 Å². The summed E-state index contributed by atoms with van der Waals surface area (Å²) in [5.74, 6) is 0.803. The molecule has 1 spiro atoms. The van der Waals surface area contributed by atoms with E-state index < -0.39 is 0 Å². The SMILES string of the molecule is CCn1nc(CCCCC(=O)c2ccc(C(=O)N3CCC(C)CC3)cc2)c2c1C(=O)NCC1(CCOCC1)C2. The summed E-state index contributed by atoms with van der Waals surface area (Å²) >= 11 is 0. The van der Waals surface area contributed by atoms with E-state index in [2.05, 4.69) is 12.2 Å². The molecule has 2 aromatic rings. The molecule has 0 radical (unpaired) electrons. The highest BCUT2D eigenvalue weighted by molar-refractivity contribution is 5.99. The number of hydrogen-bond donors (Lipinski definition) is 1. The van der Waals surface area contributed by atoms with Crippen LogP contribution in [-0.4, -0.2) is 65.1 Å². The first kappa shape index (κ1) is 27.6. The molecule has 39 heavy (non-hydrogen) atoms. The van der Waals surface area contributed by atoms with E-state index in [-0.39, 0.29) is 23.0 Å². The number of ketones is 1. The van der Waals surface area contributed by atoms with Gasteiger partial charge < -0.3 is 15.0 Å². The van der Waals surface area contributed by atoms with E-state index in [1.54, 1.807) is 24.3 Å². The quantitative estimate of drug-likeness (QED) is 0.399. The third-order valence-electron chi connectivity index (χ3n) is 8.97. The zero-order valence-corrected chi connectivity index (χ0v) is 23.5. The van der Waals surface area contributed by atoms with Crippen LogP contribution in [0.2, 0.25) is 0 Å². The fourth-order valence-corrected chi connectivity index (χ4v) is 6.28. The molecular weight excluding hydrogens is 492 g/mol. The normalized spacial score (nSPS) is 19.4. The molecule has 8 nitrogen and oxygen atoms in total. The first-order chi connectivity index (χ1) is 18.9. The van der Waals surface area contributed by atoms with Gasteiger partial charge in [0.05, 0.1) is 5.69 Å². The summed E-state index contributed by atoms with van der Waals surface area (Å²) in [6.07, 6.45) is 7.63. The molecule has 2 fully saturated rings. The number of likely N-dealkylation sites (tertiary alicyclic amines) is 1. The van der Waals surface area contributed by atoms with Gasteiger partial charge in [0.1, 0.15) is 5.69 Å². The predicted octanol–water partition coefficient (Wildman–Crippen LogP) is 4.45. The number of carbonyl (C=O) groups excluding carboxylic acids is 3. The van der Waals surface area contributed by atoms with Crippen molar-refractivity contribution in [1.82, 2.24) is 20.0 Å². The maximum atomic E-state index is 13.0. The van der Waals surface area contributed by atoms with Crippen molar-refractivity contribution >= 4 is 17.6 Å². The van der Waals surface area contributed by atoms with Gasteiger partial charge in [0.2, 0.25) is 0 Å². The van der Waals surface area contributed by atoms with Gasteiger partial charge in [-0.2, -0.15) is 5.10 Å². The molecule has 3 aliphatic heterocycles. The van der Waals surface area contributed by atoms with E-state index in [1.165, 1.54) is 0 Å². The average Bonchev–Trinajstić information content (AvgIpc) is 3.24. The molecule has 210 valence electrons. The molecule has 2 amide bonds. The van der Waals surface area contributed by atoms with Crippen LogP contribution < -0.4 is 5.32 Å². The highest BCUT2D eigenvalue weighted by Crippen LogP contribution is 2.38. The Labute approximate surface area is 231 Å². The highest BCUT2D eigenvalue weighted by Gasteiger charge is 2.39. The van der Waals surface area contributed by atoms with Crippen molar-refractivity contribution in [3.05, 3.63) is 52.3 Å². The summed E-state index contributed by atoms with van der Waals surface area (Å²) in [4.78, 5) is 40.6. The van der Waals surface area contributed by atoms with Crippen LogP contribution in [0.25, 0.3) is 0 Å². The van der Waals surface area contributed by atoms with E-state index in [0.717, 1.165) is 88.9 Å². The fourth-order valence-electron chi connectivity index (χ4n) is 6.28. The monoisotopic (exact) mass is 534 g/mol. The van der Waals surface area contributed by atoms with Crippen molar-refractivity contribution in [2.45, 2.75) is 78.2 Å². The number of aryl methyl sites for hydroxylation is 2. The highest BCUT2D eigenvalue weighted by atomic mass is 16.5. The van der Waals surface area contributed by atoms with Crippen LogP contribution in [0.1, 0.15) is 101 Å². The number of nitrogens with zero attached hydrogens (tertiary/aromatic N) is 3. The van der Waals surface area contributed by atoms with Gasteiger partial charge in [-0.25, -0.2) is 0 Å². The van der Waals surface area contributed by atoms with E-state index in [1.807, 2.05) is 16.5 Å². The molecule has 0 aliphatic carbocycles. The fraction of sp³-hybridized carbons (Fsp3) is 0.613. The van der Waals surface area contributed by atoms with Gasteiger partial charge in [0.25, 0.3) is 11.8 Å². The van der Waals surface area contributed by atoms with Crippen molar-refractivity contribution in [3.8, 4) is 0 Å². The number of rotatable bonds is 8. The van der Waals surface area contributed by atoms with E-state index in [9.17, 15) is 14.4 Å². The Kier molecular flexibility index (Phi) is 8.50. The molecule has 0 saturated carbocycles. The lowest BCUT2D eigenvalue weighted by molar-refractivity contribution is 0.0160. The van der Waals surface area contributed by atoms with Crippen LogP contribution in [0, 0.1) is 11.3 Å². The first-order valence-corrected chi connectivity index (χ1v) is 14.8. The van der Waals surface area contributed by atoms with E-state index in [4.69, 9.17) is 9.84 Å². The summed E-state index contributed by atoms with van der Waals surface area (Å²) in [5.41, 5.74) is 4.13. The maximum Gasteiger partial charge on any atom is 0.269 e. The molecule has 0 atom stereocenters. The van der Waals surface area contributed by atoms with Gasteiger partial charge >= 0.3 is 0 Å². The number of nitrogens with one attached hydrogen (secondary N) is 1. The number of amides is 2. The number of benzene rings is 1. The van der Waals surface area contributed by atoms with Crippen LogP contribution in [0.4, 0.5) is 0 Å². The lowest BCUT2D eigenvalue weighted by Crippen LogP contribution is -2.40. The Morgan fingerprint density at radius 2 is 1.77 bits per heavy atom. The minimum absolute atomic E-state index is 0.0269. The Morgan fingerprint density at radius 1 is 1.08 bits per heavy atom. The number of hydrogen-bond acceptors (Lipinski definition) is 5. The number of fused-ring (bicyclic) bond motifs is 1. The largest absolute Gasteiger partial charge is 0.381 e. The van der Waals surface area contributed by atoms with Gasteiger partial charge in [0.15, 0.2) is 5.78 Å². The lowest BCUT2D eigenvalue weighted by atomic mass is 9.75. The maximum absolute atomic E-state index is 13.0. The van der Waals surface area contributed by atoms with E-state index >= 15 is 0 Å². The number of piperidine rings is 1. The second kappa shape index (κ2) is 12.0. The summed E-state index contributed by atoms with van der Waals surface area (Å²) in [6, 6.07) is 7.16. The average molecular weight is 535 g/mol. The van der Waals surface area contributed by atoms with Crippen molar-refractivity contribution < 1.29 is 19.1 Å². The molecule has 1 N–H and O–H groups in total. The molecule has 1 aromatic heterocycles. The van der Waals surface area contributed by atoms with Gasteiger partial charge in [-0.15, -0.1) is 0 Å². The standard InChI is InChI=1S/C31H42N4O4/c1-3-35-28-25(20-31(21-32-29(28)37)14-18-39-19-15-31)26(33-35)6-4-5-7-27(36)23-8-10-24(11-9-23)30(38)34-16-12-22(2)13-17-34/h8-11,22H,3-7,12-21H2,1-2H3,(H,32,37). The molecule has 8 heteroatoms. The summed E-state index contributed by atoms with van der Waals surface area (Å²) < 4.78 is 7.46. The summed E-state index contributed by atoms with van der Waals surface area (Å²) in [6.45, 7) is 8.66. The Bertz CT molecular complexity index is 1190. The third kappa shape index (κ3) is 6.11. The Balaban J connectivity index is 1.17. The van der Waals surface area contributed by atoms with Crippen molar-refractivity contribution in [2.24, 2.45) is 11.3 Å². The molecule has 0 unspecified atom stereocenters. The number of aromatic nitrogens is 2. The van der Waals surface area contributed by atoms with Gasteiger partial charge in [-0.05, 0) is 81.8 Å². The number of ether oxygens (including phenoxy) is 1. The summed E-state index contributed by atoms with van der Waals surface area (Å²) in [5, 5.41) is 7.98. The molecule has 0 bridgehead atoms. The third-order valence-corrected chi connectivity index (χ3v) is 8.97. The number of carbonyl (C=O) groups is 3. The number of Topliss-reactive ketones (excluding diaryl/α,β-unsaturated/α-hetero) is 1. The predicted molar refractivity (Wildman–Crippen MR) is 149 cm³/mol. The Morgan fingerprint density at radius 3 is 2.46 bits per heavy atom. The summed E-state index contributed by atoms with van der Waals surface area (Å²) in [7, 11) is 0. The minimum atomic E-state index is -0.0269. The Hall–Kier alpha value is -3.00. The second-order valence-electron chi connectivity index (χ2n) is 11.7. The molecular formula is C31H42N4O4. The topological polar surface area (TPSA) is 93.5 Å². The molecule has 5 rings (SSSR count). The molecule has 3 aliphatic rings. The van der Waals surface area contributed by atoms with Gasteiger partial charge in [0, 0.05) is 62.5 Å². The molecule has 2 saturated heterocycles. The van der Waals surface area contributed by atoms with Crippen LogP contribution in [-0.2, 0) is 24.1 Å². The van der Waals surface area contributed by atoms with Crippen LogP contribution in [0.15, 0.2) is 24.3 Å². The van der Waals surface area contributed by atoms with Crippen molar-refractivity contribution in [2.75, 3.05) is 32.8 Å². The van der Waals surface area contributed by atoms with Gasteiger partial charge in [-0.3, -0.25) is 19.1 Å². The molecule has 1 aromatic carbocycles. The lowest BCUT2D eigenvalue weighted by Gasteiger charge is -2.36.